The Labute approximate surface area is 120 Å². The molecule has 1 saturated heterocycles. The summed E-state index contributed by atoms with van der Waals surface area (Å²) in [5.74, 6) is 0. The lowest BCUT2D eigenvalue weighted by atomic mass is 10.0. The molecule has 0 aromatic heterocycles. The van der Waals surface area contributed by atoms with Crippen LogP contribution in [0.1, 0.15) is 30.9 Å². The molecule has 1 aromatic carbocycles. The van der Waals surface area contributed by atoms with Gasteiger partial charge in [0.05, 0.1) is 10.5 Å². The third kappa shape index (κ3) is 3.38. The van der Waals surface area contributed by atoms with Crippen LogP contribution < -0.4 is 10.5 Å². The predicted octanol–water partition coefficient (Wildman–Crippen LogP) is 1.30. The number of sulfonamides is 1. The monoisotopic (exact) mass is 298 g/mol. The molecule has 0 bridgehead atoms. The number of rotatable bonds is 5. The molecule has 0 aliphatic carbocycles. The van der Waals surface area contributed by atoms with Crippen molar-refractivity contribution < 1.29 is 13.2 Å². The standard InChI is InChI=1S/C14H22N2O3S/c1-11-8-12(9-15)4-5-13(11)20(17,18)16-10-14(2)6-3-7-19-14/h4-5,8,16H,3,6-7,9-10,15H2,1-2H3. The van der Waals surface area contributed by atoms with Gasteiger partial charge in [-0.05, 0) is 43.9 Å². The highest BCUT2D eigenvalue weighted by Crippen LogP contribution is 2.25. The number of aryl methyl sites for hydroxylation is 1. The lowest BCUT2D eigenvalue weighted by molar-refractivity contribution is 0.0250. The van der Waals surface area contributed by atoms with Crippen LogP contribution in [0.25, 0.3) is 0 Å². The van der Waals surface area contributed by atoms with E-state index in [1.807, 2.05) is 13.0 Å². The van der Waals surface area contributed by atoms with E-state index in [1.165, 1.54) is 0 Å². The van der Waals surface area contributed by atoms with E-state index in [1.54, 1.807) is 19.1 Å². The predicted molar refractivity (Wildman–Crippen MR) is 77.8 cm³/mol. The molecule has 1 unspecified atom stereocenters. The number of ether oxygens (including phenoxy) is 1. The van der Waals surface area contributed by atoms with Crippen LogP contribution in [0.3, 0.4) is 0 Å². The van der Waals surface area contributed by atoms with Gasteiger partial charge in [0, 0.05) is 19.7 Å². The quantitative estimate of drug-likeness (QED) is 0.858. The summed E-state index contributed by atoms with van der Waals surface area (Å²) >= 11 is 0. The van der Waals surface area contributed by atoms with Gasteiger partial charge in [-0.1, -0.05) is 12.1 Å². The fraction of sp³-hybridized carbons (Fsp3) is 0.571. The van der Waals surface area contributed by atoms with Crippen molar-refractivity contribution in [2.24, 2.45) is 5.73 Å². The highest BCUT2D eigenvalue weighted by molar-refractivity contribution is 7.89. The van der Waals surface area contributed by atoms with Crippen LogP contribution in [0, 0.1) is 6.92 Å². The Hall–Kier alpha value is -0.950. The zero-order valence-electron chi connectivity index (χ0n) is 12.0. The second-order valence-corrected chi connectivity index (χ2v) is 7.27. The van der Waals surface area contributed by atoms with E-state index in [2.05, 4.69) is 4.72 Å². The van der Waals surface area contributed by atoms with Gasteiger partial charge < -0.3 is 10.5 Å². The number of nitrogens with two attached hydrogens (primary N) is 1. The van der Waals surface area contributed by atoms with Crippen LogP contribution in [0.4, 0.5) is 0 Å². The molecule has 2 rings (SSSR count). The highest BCUT2D eigenvalue weighted by atomic mass is 32.2. The average molecular weight is 298 g/mol. The third-order valence-electron chi connectivity index (χ3n) is 3.70. The van der Waals surface area contributed by atoms with Gasteiger partial charge in [-0.3, -0.25) is 0 Å². The molecule has 112 valence electrons. The number of hydrogen-bond donors (Lipinski definition) is 2. The second kappa shape index (κ2) is 5.81. The van der Waals surface area contributed by atoms with E-state index < -0.39 is 15.6 Å². The zero-order valence-corrected chi connectivity index (χ0v) is 12.8. The van der Waals surface area contributed by atoms with Gasteiger partial charge in [0.2, 0.25) is 10.0 Å². The molecule has 5 nitrogen and oxygen atoms in total. The van der Waals surface area contributed by atoms with Crippen LogP contribution >= 0.6 is 0 Å². The molecule has 6 heteroatoms. The normalized spacial score (nSPS) is 23.1. The first-order valence-corrected chi connectivity index (χ1v) is 8.28. The molecule has 1 heterocycles. The van der Waals surface area contributed by atoms with Crippen molar-refractivity contribution in [2.45, 2.75) is 43.7 Å². The van der Waals surface area contributed by atoms with Gasteiger partial charge in [0.15, 0.2) is 0 Å². The van der Waals surface area contributed by atoms with Gasteiger partial charge in [-0.2, -0.15) is 0 Å². The maximum Gasteiger partial charge on any atom is 0.240 e. The Bertz CT molecular complexity index is 578. The van der Waals surface area contributed by atoms with Crippen LogP contribution in [0.15, 0.2) is 23.1 Å². The second-order valence-electron chi connectivity index (χ2n) is 5.53. The van der Waals surface area contributed by atoms with Crippen molar-refractivity contribution in [1.82, 2.24) is 4.72 Å². The van der Waals surface area contributed by atoms with Crippen molar-refractivity contribution in [2.75, 3.05) is 13.2 Å². The number of benzene rings is 1. The fourth-order valence-corrected chi connectivity index (χ4v) is 3.82. The molecule has 1 aromatic rings. The molecular formula is C14H22N2O3S. The minimum Gasteiger partial charge on any atom is -0.374 e. The first-order chi connectivity index (χ1) is 9.36. The summed E-state index contributed by atoms with van der Waals surface area (Å²) in [6.07, 6.45) is 1.85. The largest absolute Gasteiger partial charge is 0.374 e. The zero-order chi connectivity index (χ0) is 14.8. The van der Waals surface area contributed by atoms with E-state index in [0.717, 1.165) is 18.4 Å². The van der Waals surface area contributed by atoms with E-state index in [0.29, 0.717) is 30.2 Å². The van der Waals surface area contributed by atoms with E-state index in [4.69, 9.17) is 10.5 Å². The average Bonchev–Trinajstić information content (AvgIpc) is 2.84. The summed E-state index contributed by atoms with van der Waals surface area (Å²) in [4.78, 5) is 0.302. The SMILES string of the molecule is Cc1cc(CN)ccc1S(=O)(=O)NCC1(C)CCCO1. The summed E-state index contributed by atoms with van der Waals surface area (Å²) in [7, 11) is -3.51. The van der Waals surface area contributed by atoms with Gasteiger partial charge in [-0.25, -0.2) is 13.1 Å². The summed E-state index contributed by atoms with van der Waals surface area (Å²) in [5.41, 5.74) is 6.79. The third-order valence-corrected chi connectivity index (χ3v) is 5.26. The van der Waals surface area contributed by atoms with Crippen molar-refractivity contribution in [3.8, 4) is 0 Å². The van der Waals surface area contributed by atoms with E-state index in [-0.39, 0.29) is 0 Å². The van der Waals surface area contributed by atoms with E-state index in [9.17, 15) is 8.42 Å². The Morgan fingerprint density at radius 1 is 1.45 bits per heavy atom. The van der Waals surface area contributed by atoms with Crippen LogP contribution in [-0.4, -0.2) is 27.2 Å². The molecular weight excluding hydrogens is 276 g/mol. The maximum atomic E-state index is 12.4. The Morgan fingerprint density at radius 3 is 2.75 bits per heavy atom. The molecule has 1 aliphatic heterocycles. The van der Waals surface area contributed by atoms with Gasteiger partial charge in [-0.15, -0.1) is 0 Å². The van der Waals surface area contributed by atoms with E-state index >= 15 is 0 Å². The summed E-state index contributed by atoms with van der Waals surface area (Å²) in [6, 6.07) is 5.16. The first-order valence-electron chi connectivity index (χ1n) is 6.79. The lowest BCUT2D eigenvalue weighted by Crippen LogP contribution is -2.40. The molecule has 0 spiro atoms. The lowest BCUT2D eigenvalue weighted by Gasteiger charge is -2.23. The molecule has 3 N–H and O–H groups in total. The summed E-state index contributed by atoms with van der Waals surface area (Å²) < 4.78 is 33.0. The molecule has 1 aliphatic rings. The van der Waals surface area contributed by atoms with Crippen molar-refractivity contribution in [3.63, 3.8) is 0 Å². The summed E-state index contributed by atoms with van der Waals surface area (Å²) in [5, 5.41) is 0. The summed E-state index contributed by atoms with van der Waals surface area (Å²) in [6.45, 7) is 5.12. The maximum absolute atomic E-state index is 12.4. The van der Waals surface area contributed by atoms with Crippen molar-refractivity contribution in [1.29, 1.82) is 0 Å². The smallest absolute Gasteiger partial charge is 0.240 e. The Balaban J connectivity index is 2.14. The van der Waals surface area contributed by atoms with Crippen LogP contribution in [0.5, 0.6) is 0 Å². The molecule has 0 saturated carbocycles. The molecule has 0 radical (unpaired) electrons. The van der Waals surface area contributed by atoms with Gasteiger partial charge >= 0.3 is 0 Å². The Kier molecular flexibility index (Phi) is 4.49. The number of nitrogens with one attached hydrogen (secondary N) is 1. The Morgan fingerprint density at radius 2 is 2.20 bits per heavy atom. The molecule has 1 atom stereocenters. The molecule has 0 amide bonds. The minimum atomic E-state index is -3.51. The molecule has 20 heavy (non-hydrogen) atoms. The molecule has 1 fully saturated rings. The topological polar surface area (TPSA) is 81.4 Å². The van der Waals surface area contributed by atoms with Crippen LogP contribution in [0.2, 0.25) is 0 Å². The number of hydrogen-bond acceptors (Lipinski definition) is 4. The first kappa shape index (κ1) is 15.4. The van der Waals surface area contributed by atoms with Gasteiger partial charge in [0.1, 0.15) is 0 Å². The van der Waals surface area contributed by atoms with Gasteiger partial charge in [0.25, 0.3) is 0 Å². The van der Waals surface area contributed by atoms with Crippen LogP contribution in [-0.2, 0) is 21.3 Å². The fourth-order valence-electron chi connectivity index (χ4n) is 2.44. The van der Waals surface area contributed by atoms with Crippen molar-refractivity contribution >= 4 is 10.0 Å². The minimum absolute atomic E-state index is 0.299. The highest BCUT2D eigenvalue weighted by Gasteiger charge is 2.31. The van der Waals surface area contributed by atoms with Crippen molar-refractivity contribution in [3.05, 3.63) is 29.3 Å².